The van der Waals surface area contributed by atoms with Crippen LogP contribution in [-0.4, -0.2) is 34.7 Å². The third kappa shape index (κ3) is 15.5. The summed E-state index contributed by atoms with van der Waals surface area (Å²) in [5, 5.41) is -2.72. The summed E-state index contributed by atoms with van der Waals surface area (Å²) in [5.74, 6) is 0. The molecule has 14 heavy (non-hydrogen) atoms. The molecule has 0 bridgehead atoms. The Bertz CT molecular complexity index is 246. The topological polar surface area (TPSA) is 17.1 Å². The predicted molar refractivity (Wildman–Crippen MR) is 66.7 cm³/mol. The largest absolute Gasteiger partial charge is 2.00 e. The van der Waals surface area contributed by atoms with Gasteiger partial charge in [-0.3, -0.25) is 4.79 Å². The van der Waals surface area contributed by atoms with E-state index in [0.717, 1.165) is 11.8 Å². The Labute approximate surface area is 119 Å². The standard InChI is InChI=1S/C7H6O.Cl4Si.Mg/c8-6-7-4-2-1-3-5-7;1-5(2,3)4;/h1-6H;;/q;;+2. The van der Waals surface area contributed by atoms with Gasteiger partial charge in [-0.25, -0.2) is 0 Å². The molecule has 0 saturated carbocycles. The Balaban J connectivity index is 0. The number of hydrogen-bond donors (Lipinski definition) is 0. The zero-order chi connectivity index (χ0) is 10.3. The van der Waals surface area contributed by atoms with E-state index in [1.807, 2.05) is 18.2 Å². The number of hydrogen-bond acceptors (Lipinski definition) is 1. The molecule has 0 spiro atoms. The fraction of sp³-hybridized carbons (Fsp3) is 0. The molecule has 1 aromatic carbocycles. The molecule has 0 N–H and O–H groups in total. The molecule has 72 valence electrons. The van der Waals surface area contributed by atoms with Gasteiger partial charge in [0.15, 0.2) is 0 Å². The molecule has 0 saturated heterocycles. The molecule has 0 fully saturated rings. The summed E-state index contributed by atoms with van der Waals surface area (Å²) in [7, 11) is 0. The van der Waals surface area contributed by atoms with Crippen molar-refractivity contribution in [2.75, 3.05) is 0 Å². The first kappa shape index (κ1) is 17.4. The van der Waals surface area contributed by atoms with Crippen molar-refractivity contribution in [1.82, 2.24) is 0 Å². The van der Waals surface area contributed by atoms with Gasteiger partial charge >= 0.3 is 28.4 Å². The molecule has 0 aliphatic rings. The van der Waals surface area contributed by atoms with Crippen LogP contribution in [0.5, 0.6) is 0 Å². The molecular weight excluding hydrogens is 294 g/mol. The van der Waals surface area contributed by atoms with E-state index in [9.17, 15) is 4.79 Å². The van der Waals surface area contributed by atoms with Crippen molar-refractivity contribution in [3.63, 3.8) is 0 Å². The van der Waals surface area contributed by atoms with Gasteiger partial charge in [-0.05, 0) is 0 Å². The Morgan fingerprint density at radius 3 is 1.57 bits per heavy atom. The first-order valence-electron chi connectivity index (χ1n) is 3.19. The number of rotatable bonds is 1. The van der Waals surface area contributed by atoms with Crippen molar-refractivity contribution in [2.24, 2.45) is 0 Å². The van der Waals surface area contributed by atoms with Crippen LogP contribution in [-0.2, 0) is 0 Å². The zero-order valence-electron chi connectivity index (χ0n) is 7.09. The van der Waals surface area contributed by atoms with Gasteiger partial charge in [0.2, 0.25) is 0 Å². The first-order valence-corrected chi connectivity index (χ1v) is 9.24. The average molecular weight is 300 g/mol. The summed E-state index contributed by atoms with van der Waals surface area (Å²) in [6, 6.07) is 9.10. The van der Waals surface area contributed by atoms with E-state index in [0.29, 0.717) is 0 Å². The zero-order valence-corrected chi connectivity index (χ0v) is 12.5. The monoisotopic (exact) mass is 298 g/mol. The van der Waals surface area contributed by atoms with Crippen LogP contribution in [0.15, 0.2) is 30.3 Å². The van der Waals surface area contributed by atoms with E-state index in [4.69, 9.17) is 44.3 Å². The molecule has 1 aromatic rings. The molecule has 0 atom stereocenters. The molecule has 0 unspecified atom stereocenters. The molecule has 0 aliphatic heterocycles. The number of halogens is 4. The summed E-state index contributed by atoms with van der Waals surface area (Å²) in [6.07, 6.45) is 0.833. The second kappa shape index (κ2) is 9.27. The maximum absolute atomic E-state index is 10.0. The van der Waals surface area contributed by atoms with E-state index in [1.54, 1.807) is 12.1 Å². The smallest absolute Gasteiger partial charge is 0.298 e. The van der Waals surface area contributed by atoms with Crippen LogP contribution in [0.25, 0.3) is 0 Å². The van der Waals surface area contributed by atoms with Crippen molar-refractivity contribution in [3.05, 3.63) is 35.9 Å². The van der Waals surface area contributed by atoms with E-state index >= 15 is 0 Å². The number of carbonyl (C=O) groups is 1. The number of carbonyl (C=O) groups excluding carboxylic acids is 1. The van der Waals surface area contributed by atoms with E-state index in [2.05, 4.69) is 0 Å². The van der Waals surface area contributed by atoms with Gasteiger partial charge in [0.1, 0.15) is 6.29 Å². The quantitative estimate of drug-likeness (QED) is 0.441. The van der Waals surface area contributed by atoms with Crippen molar-refractivity contribution < 1.29 is 4.79 Å². The van der Waals surface area contributed by atoms with Gasteiger partial charge in [-0.2, -0.15) is 0 Å². The summed E-state index contributed by atoms with van der Waals surface area (Å²) in [6.45, 7) is 0. The Morgan fingerprint density at radius 1 is 1.00 bits per heavy atom. The average Bonchev–Trinajstić information content (AvgIpc) is 2.03. The molecule has 7 heteroatoms. The minimum absolute atomic E-state index is 0. The van der Waals surface area contributed by atoms with Gasteiger partial charge in [0.25, 0.3) is 0 Å². The van der Waals surface area contributed by atoms with Gasteiger partial charge in [0, 0.05) is 5.56 Å². The Hall–Kier alpha value is 1.03. The summed E-state index contributed by atoms with van der Waals surface area (Å²) < 4.78 is 0. The van der Waals surface area contributed by atoms with Gasteiger partial charge < -0.3 is 0 Å². The molecular formula is C7H6Cl4MgOSi+2. The predicted octanol–water partition coefficient (Wildman–Crippen LogP) is 3.50. The summed E-state index contributed by atoms with van der Waals surface area (Å²) in [5.41, 5.74) is 0.729. The van der Waals surface area contributed by atoms with Crippen LogP contribution in [0, 0.1) is 0 Å². The maximum Gasteiger partial charge on any atom is 2.00 e. The second-order valence-corrected chi connectivity index (χ2v) is 13.1. The van der Waals surface area contributed by atoms with Crippen molar-refractivity contribution >= 4 is 79.0 Å². The fourth-order valence-electron chi connectivity index (χ4n) is 0.532. The normalized spacial score (nSPS) is 9.14. The Kier molecular flexibility index (Phi) is 11.5. The van der Waals surface area contributed by atoms with Crippen LogP contribution >= 0.6 is 44.3 Å². The maximum atomic E-state index is 10.0. The first-order chi connectivity index (χ1) is 5.93. The molecule has 1 rings (SSSR count). The van der Waals surface area contributed by atoms with Crippen molar-refractivity contribution in [2.45, 2.75) is 0 Å². The third-order valence-electron chi connectivity index (χ3n) is 0.936. The van der Waals surface area contributed by atoms with Crippen LogP contribution < -0.4 is 0 Å². The Morgan fingerprint density at radius 2 is 1.36 bits per heavy atom. The fourth-order valence-corrected chi connectivity index (χ4v) is 0.532. The van der Waals surface area contributed by atoms with E-state index < -0.39 is 5.31 Å². The summed E-state index contributed by atoms with van der Waals surface area (Å²) >= 11 is 19.9. The second-order valence-electron chi connectivity index (χ2n) is 1.96. The van der Waals surface area contributed by atoms with Crippen LogP contribution in [0.4, 0.5) is 0 Å². The minimum Gasteiger partial charge on any atom is -0.298 e. The summed E-state index contributed by atoms with van der Waals surface area (Å²) in [4.78, 5) is 10.0. The molecule has 0 amide bonds. The van der Waals surface area contributed by atoms with Gasteiger partial charge in [-0.1, -0.05) is 30.3 Å². The van der Waals surface area contributed by atoms with Crippen LogP contribution in [0.2, 0.25) is 0 Å². The molecule has 1 nitrogen and oxygen atoms in total. The van der Waals surface area contributed by atoms with Crippen LogP contribution in [0.3, 0.4) is 0 Å². The number of benzene rings is 1. The molecule has 0 radical (unpaired) electrons. The SMILES string of the molecule is Cl[Si](Cl)(Cl)Cl.O=Cc1ccccc1.[Mg+2]. The van der Waals surface area contributed by atoms with Gasteiger partial charge in [0.05, 0.1) is 0 Å². The van der Waals surface area contributed by atoms with E-state index in [-0.39, 0.29) is 23.1 Å². The minimum atomic E-state index is -2.72. The third-order valence-corrected chi connectivity index (χ3v) is 0.936. The van der Waals surface area contributed by atoms with Gasteiger partial charge in [-0.15, -0.1) is 44.3 Å². The van der Waals surface area contributed by atoms with Crippen LogP contribution in [0.1, 0.15) is 10.4 Å². The van der Waals surface area contributed by atoms with Crippen molar-refractivity contribution in [1.29, 1.82) is 0 Å². The number of aldehydes is 1. The van der Waals surface area contributed by atoms with Crippen molar-refractivity contribution in [3.8, 4) is 0 Å². The molecule has 0 heterocycles. The van der Waals surface area contributed by atoms with E-state index in [1.165, 1.54) is 0 Å². The molecule has 0 aliphatic carbocycles. The molecule has 0 aromatic heterocycles.